The van der Waals surface area contributed by atoms with E-state index in [1.165, 1.54) is 12.1 Å². The van der Waals surface area contributed by atoms with Crippen molar-refractivity contribution in [3.8, 4) is 11.8 Å². The van der Waals surface area contributed by atoms with Crippen LogP contribution in [0.5, 0.6) is 5.75 Å². The second kappa shape index (κ2) is 4.41. The molecule has 0 aliphatic carbocycles. The van der Waals surface area contributed by atoms with Crippen LogP contribution in [0.25, 0.3) is 0 Å². The monoisotopic (exact) mass is 235 g/mol. The van der Waals surface area contributed by atoms with Crippen molar-refractivity contribution in [1.82, 2.24) is 0 Å². The number of hydrogen-bond acceptors (Lipinski definition) is 2. The van der Waals surface area contributed by atoms with Crippen LogP contribution in [0.15, 0.2) is 18.2 Å². The van der Waals surface area contributed by atoms with Gasteiger partial charge < -0.3 is 4.74 Å². The minimum atomic E-state index is -4.42. The van der Waals surface area contributed by atoms with Crippen molar-refractivity contribution in [1.29, 1.82) is 5.26 Å². The second-order valence-corrected chi connectivity index (χ2v) is 3.07. The van der Waals surface area contributed by atoms with E-state index in [4.69, 9.17) is 16.9 Å². The summed E-state index contributed by atoms with van der Waals surface area (Å²) in [5.41, 5.74) is 0.191. The molecule has 0 fully saturated rings. The zero-order chi connectivity index (χ0) is 11.5. The van der Waals surface area contributed by atoms with Crippen molar-refractivity contribution in [2.24, 2.45) is 0 Å². The third-order valence-electron chi connectivity index (χ3n) is 1.45. The average Bonchev–Trinajstić information content (AvgIpc) is 2.15. The molecule has 0 atom stereocenters. The summed E-state index contributed by atoms with van der Waals surface area (Å²) >= 11 is 5.58. The Labute approximate surface area is 88.8 Å². The lowest BCUT2D eigenvalue weighted by atomic mass is 10.2. The molecule has 0 saturated heterocycles. The molecule has 0 spiro atoms. The topological polar surface area (TPSA) is 33.0 Å². The van der Waals surface area contributed by atoms with Gasteiger partial charge in [0.2, 0.25) is 0 Å². The van der Waals surface area contributed by atoms with Gasteiger partial charge in [-0.1, -0.05) is 11.6 Å². The highest BCUT2D eigenvalue weighted by Crippen LogP contribution is 2.27. The number of alkyl halides is 3. The van der Waals surface area contributed by atoms with Crippen molar-refractivity contribution in [3.63, 3.8) is 0 Å². The van der Waals surface area contributed by atoms with Crippen molar-refractivity contribution < 1.29 is 17.9 Å². The normalized spacial score (nSPS) is 10.9. The Kier molecular flexibility index (Phi) is 3.43. The van der Waals surface area contributed by atoms with Crippen LogP contribution in [0, 0.1) is 11.3 Å². The largest absolute Gasteiger partial charge is 0.483 e. The molecule has 15 heavy (non-hydrogen) atoms. The van der Waals surface area contributed by atoms with Crippen LogP contribution >= 0.6 is 11.6 Å². The molecule has 1 aromatic carbocycles. The molecule has 0 unspecified atom stereocenters. The van der Waals surface area contributed by atoms with Crippen LogP contribution in [0.4, 0.5) is 13.2 Å². The summed E-state index contributed by atoms with van der Waals surface area (Å²) in [5.74, 6) is -0.145. The van der Waals surface area contributed by atoms with E-state index in [9.17, 15) is 13.2 Å². The minimum absolute atomic E-state index is 0.0400. The quantitative estimate of drug-likeness (QED) is 0.789. The third kappa shape index (κ3) is 3.68. The first-order valence-electron chi connectivity index (χ1n) is 3.81. The lowest BCUT2D eigenvalue weighted by Crippen LogP contribution is -2.19. The first-order chi connectivity index (χ1) is 6.92. The first-order valence-corrected chi connectivity index (χ1v) is 4.19. The smallest absolute Gasteiger partial charge is 0.422 e. The Morgan fingerprint density at radius 3 is 2.60 bits per heavy atom. The number of nitriles is 1. The second-order valence-electron chi connectivity index (χ2n) is 2.66. The molecular weight excluding hydrogens is 231 g/mol. The average molecular weight is 236 g/mol. The number of hydrogen-bond donors (Lipinski definition) is 0. The fourth-order valence-corrected chi connectivity index (χ4v) is 1.02. The molecule has 0 saturated carbocycles. The summed E-state index contributed by atoms with van der Waals surface area (Å²) in [6.07, 6.45) is -4.42. The summed E-state index contributed by atoms with van der Waals surface area (Å²) < 4.78 is 39.9. The lowest BCUT2D eigenvalue weighted by Gasteiger charge is -2.10. The van der Waals surface area contributed by atoms with Gasteiger partial charge in [-0.25, -0.2) is 0 Å². The first kappa shape index (κ1) is 11.7. The van der Waals surface area contributed by atoms with E-state index in [-0.39, 0.29) is 16.3 Å². The van der Waals surface area contributed by atoms with Crippen LogP contribution in [0.3, 0.4) is 0 Å². The number of halogens is 4. The maximum atomic E-state index is 11.8. The Morgan fingerprint density at radius 1 is 1.40 bits per heavy atom. The highest BCUT2D eigenvalue weighted by atomic mass is 35.5. The molecule has 0 amide bonds. The van der Waals surface area contributed by atoms with E-state index in [1.54, 1.807) is 6.07 Å². The van der Waals surface area contributed by atoms with E-state index in [1.807, 2.05) is 0 Å². The molecular formula is C9H5ClF3NO. The molecule has 1 rings (SSSR count). The predicted molar refractivity (Wildman–Crippen MR) is 47.7 cm³/mol. The van der Waals surface area contributed by atoms with Gasteiger partial charge in [0, 0.05) is 0 Å². The molecule has 0 aliphatic rings. The zero-order valence-corrected chi connectivity index (χ0v) is 8.06. The standard InChI is InChI=1S/C9H5ClF3NO/c10-7-2-1-6(4-14)3-8(7)15-5-9(11,12)13/h1-3H,5H2. The van der Waals surface area contributed by atoms with Gasteiger partial charge in [-0.05, 0) is 18.2 Å². The summed E-state index contributed by atoms with van der Waals surface area (Å²) in [4.78, 5) is 0. The Bertz CT molecular complexity index is 397. The predicted octanol–water partition coefficient (Wildman–Crippen LogP) is 3.15. The lowest BCUT2D eigenvalue weighted by molar-refractivity contribution is -0.153. The molecule has 6 heteroatoms. The van der Waals surface area contributed by atoms with E-state index in [0.717, 1.165) is 6.07 Å². The molecule has 0 aliphatic heterocycles. The highest BCUT2D eigenvalue weighted by Gasteiger charge is 2.28. The minimum Gasteiger partial charge on any atom is -0.483 e. The Balaban J connectivity index is 2.81. The summed E-state index contributed by atoms with van der Waals surface area (Å²) in [7, 11) is 0. The number of nitrogens with zero attached hydrogens (tertiary/aromatic N) is 1. The van der Waals surface area contributed by atoms with Crippen LogP contribution in [0.2, 0.25) is 5.02 Å². The third-order valence-corrected chi connectivity index (χ3v) is 1.76. The van der Waals surface area contributed by atoms with E-state index in [0.29, 0.717) is 0 Å². The number of rotatable bonds is 2. The number of ether oxygens (including phenoxy) is 1. The molecule has 1 aromatic rings. The van der Waals surface area contributed by atoms with Gasteiger partial charge in [0.15, 0.2) is 6.61 Å². The SMILES string of the molecule is N#Cc1ccc(Cl)c(OCC(F)(F)F)c1. The fourth-order valence-electron chi connectivity index (χ4n) is 0.843. The number of benzene rings is 1. The summed E-state index contributed by atoms with van der Waals surface area (Å²) in [6, 6.07) is 5.64. The highest BCUT2D eigenvalue weighted by molar-refractivity contribution is 6.32. The Morgan fingerprint density at radius 2 is 2.07 bits per heavy atom. The van der Waals surface area contributed by atoms with Crippen molar-refractivity contribution >= 4 is 11.6 Å². The summed E-state index contributed by atoms with van der Waals surface area (Å²) in [5, 5.41) is 8.55. The van der Waals surface area contributed by atoms with E-state index >= 15 is 0 Å². The van der Waals surface area contributed by atoms with Gasteiger partial charge in [-0.15, -0.1) is 0 Å². The van der Waals surface area contributed by atoms with Crippen LogP contribution in [-0.2, 0) is 0 Å². The van der Waals surface area contributed by atoms with Crippen LogP contribution < -0.4 is 4.74 Å². The molecule has 0 aromatic heterocycles. The summed E-state index contributed by atoms with van der Waals surface area (Å²) in [6.45, 7) is -1.43. The van der Waals surface area contributed by atoms with Gasteiger partial charge in [-0.2, -0.15) is 18.4 Å². The molecule has 2 nitrogen and oxygen atoms in total. The van der Waals surface area contributed by atoms with Crippen molar-refractivity contribution in [2.75, 3.05) is 6.61 Å². The van der Waals surface area contributed by atoms with Crippen LogP contribution in [0.1, 0.15) is 5.56 Å². The molecule has 0 heterocycles. The molecule has 0 radical (unpaired) electrons. The molecule has 0 N–H and O–H groups in total. The van der Waals surface area contributed by atoms with Crippen LogP contribution in [-0.4, -0.2) is 12.8 Å². The van der Waals surface area contributed by atoms with E-state index < -0.39 is 12.8 Å². The van der Waals surface area contributed by atoms with Gasteiger partial charge in [-0.3, -0.25) is 0 Å². The van der Waals surface area contributed by atoms with Gasteiger partial charge >= 0.3 is 6.18 Å². The van der Waals surface area contributed by atoms with Gasteiger partial charge in [0.25, 0.3) is 0 Å². The van der Waals surface area contributed by atoms with Gasteiger partial charge in [0.05, 0.1) is 16.7 Å². The zero-order valence-electron chi connectivity index (χ0n) is 7.31. The van der Waals surface area contributed by atoms with E-state index in [2.05, 4.69) is 4.74 Å². The van der Waals surface area contributed by atoms with Crippen molar-refractivity contribution in [2.45, 2.75) is 6.18 Å². The molecule has 80 valence electrons. The molecule has 0 bridgehead atoms. The van der Waals surface area contributed by atoms with Crippen molar-refractivity contribution in [3.05, 3.63) is 28.8 Å². The maximum absolute atomic E-state index is 11.8. The Hall–Kier alpha value is -1.41. The maximum Gasteiger partial charge on any atom is 0.422 e. The van der Waals surface area contributed by atoms with Gasteiger partial charge in [0.1, 0.15) is 5.75 Å². The fraction of sp³-hybridized carbons (Fsp3) is 0.222.